The van der Waals surface area contributed by atoms with Crippen molar-refractivity contribution in [1.82, 2.24) is 15.0 Å². The average Bonchev–Trinajstić information content (AvgIpc) is 2.18. The Balaban J connectivity index is 2.49. The Morgan fingerprint density at radius 2 is 1.93 bits per heavy atom. The van der Waals surface area contributed by atoms with Crippen molar-refractivity contribution in [3.63, 3.8) is 0 Å². The van der Waals surface area contributed by atoms with E-state index in [1.807, 2.05) is 19.1 Å². The number of nitrogens with two attached hydrogens (primary N) is 1. The lowest BCUT2D eigenvalue weighted by Gasteiger charge is -2.00. The van der Waals surface area contributed by atoms with Crippen molar-refractivity contribution in [3.8, 4) is 11.5 Å². The molecule has 0 fully saturated rings. The summed E-state index contributed by atoms with van der Waals surface area (Å²) < 4.78 is 0. The van der Waals surface area contributed by atoms with Gasteiger partial charge in [0.2, 0.25) is 0 Å². The molecule has 0 spiro atoms. The van der Waals surface area contributed by atoms with Crippen molar-refractivity contribution in [2.24, 2.45) is 0 Å². The third-order valence-electron chi connectivity index (χ3n) is 1.82. The highest BCUT2D eigenvalue weighted by molar-refractivity contribution is 5.51. The zero-order valence-electron chi connectivity index (χ0n) is 7.81. The van der Waals surface area contributed by atoms with E-state index in [0.717, 1.165) is 11.3 Å². The molecule has 2 heterocycles. The van der Waals surface area contributed by atoms with E-state index in [1.54, 1.807) is 18.5 Å². The number of nitrogens with zero attached hydrogens (tertiary/aromatic N) is 3. The molecule has 0 unspecified atom stereocenters. The van der Waals surface area contributed by atoms with Gasteiger partial charge in [-0.1, -0.05) is 0 Å². The van der Waals surface area contributed by atoms with E-state index in [9.17, 15) is 0 Å². The summed E-state index contributed by atoms with van der Waals surface area (Å²) in [4.78, 5) is 12.4. The van der Waals surface area contributed by atoms with Gasteiger partial charge in [0.05, 0.1) is 0 Å². The fraction of sp³-hybridized carbons (Fsp3) is 0.100. The quantitative estimate of drug-likeness (QED) is 0.731. The summed E-state index contributed by atoms with van der Waals surface area (Å²) in [6.07, 6.45) is 3.36. The first-order valence-corrected chi connectivity index (χ1v) is 4.27. The third kappa shape index (κ3) is 1.69. The molecule has 0 radical (unpaired) electrons. The predicted octanol–water partition coefficient (Wildman–Crippen LogP) is 1.43. The molecule has 2 N–H and O–H groups in total. The molecule has 14 heavy (non-hydrogen) atoms. The van der Waals surface area contributed by atoms with Crippen molar-refractivity contribution in [2.75, 3.05) is 5.73 Å². The van der Waals surface area contributed by atoms with E-state index in [-0.39, 0.29) is 0 Å². The molecule has 2 aromatic heterocycles. The molecule has 0 aliphatic heterocycles. The first kappa shape index (κ1) is 8.62. The van der Waals surface area contributed by atoms with E-state index >= 15 is 0 Å². The Bertz CT molecular complexity index is 410. The number of hydrogen-bond donors (Lipinski definition) is 1. The maximum absolute atomic E-state index is 5.56. The topological polar surface area (TPSA) is 64.7 Å². The second kappa shape index (κ2) is 3.41. The Hall–Kier alpha value is -1.97. The molecule has 0 aliphatic carbocycles. The fourth-order valence-electron chi connectivity index (χ4n) is 1.15. The summed E-state index contributed by atoms with van der Waals surface area (Å²) >= 11 is 0. The number of hydrogen-bond acceptors (Lipinski definition) is 4. The lowest BCUT2D eigenvalue weighted by atomic mass is 10.2. The van der Waals surface area contributed by atoms with E-state index in [2.05, 4.69) is 15.0 Å². The minimum Gasteiger partial charge on any atom is -0.384 e. The first-order valence-electron chi connectivity index (χ1n) is 4.27. The molecule has 0 amide bonds. The second-order valence-corrected chi connectivity index (χ2v) is 3.02. The van der Waals surface area contributed by atoms with E-state index in [1.165, 1.54) is 0 Å². The lowest BCUT2D eigenvalue weighted by molar-refractivity contribution is 1.14. The lowest BCUT2D eigenvalue weighted by Crippen LogP contribution is -1.96. The van der Waals surface area contributed by atoms with Crippen LogP contribution in [0.5, 0.6) is 0 Å². The minimum atomic E-state index is 0.457. The van der Waals surface area contributed by atoms with Gasteiger partial charge in [-0.2, -0.15) is 0 Å². The smallest absolute Gasteiger partial charge is 0.180 e. The maximum Gasteiger partial charge on any atom is 0.180 e. The van der Waals surface area contributed by atoms with Crippen molar-refractivity contribution in [1.29, 1.82) is 0 Å². The number of aryl methyl sites for hydroxylation is 1. The molecule has 4 nitrogen and oxygen atoms in total. The highest BCUT2D eigenvalue weighted by atomic mass is 15.0. The van der Waals surface area contributed by atoms with Crippen LogP contribution in [0.1, 0.15) is 5.56 Å². The highest BCUT2D eigenvalue weighted by Crippen LogP contribution is 2.12. The van der Waals surface area contributed by atoms with Crippen molar-refractivity contribution in [3.05, 3.63) is 36.2 Å². The Labute approximate surface area is 81.9 Å². The number of rotatable bonds is 1. The van der Waals surface area contributed by atoms with Crippen LogP contribution in [0.25, 0.3) is 11.5 Å². The molecule has 0 saturated heterocycles. The van der Waals surface area contributed by atoms with Crippen LogP contribution in [0.4, 0.5) is 5.82 Å². The minimum absolute atomic E-state index is 0.457. The second-order valence-electron chi connectivity index (χ2n) is 3.02. The highest BCUT2D eigenvalue weighted by Gasteiger charge is 2.02. The van der Waals surface area contributed by atoms with Crippen LogP contribution in [0.3, 0.4) is 0 Å². The van der Waals surface area contributed by atoms with Gasteiger partial charge in [-0.3, -0.25) is 4.98 Å². The van der Waals surface area contributed by atoms with Gasteiger partial charge < -0.3 is 5.73 Å². The molecule has 0 aliphatic rings. The average molecular weight is 186 g/mol. The Morgan fingerprint density at radius 3 is 2.64 bits per heavy atom. The van der Waals surface area contributed by atoms with Crippen LogP contribution in [0.2, 0.25) is 0 Å². The zero-order valence-corrected chi connectivity index (χ0v) is 7.81. The molecule has 70 valence electrons. The Kier molecular flexibility index (Phi) is 2.10. The molecule has 0 aromatic carbocycles. The largest absolute Gasteiger partial charge is 0.384 e. The summed E-state index contributed by atoms with van der Waals surface area (Å²) in [6.45, 7) is 2.00. The molecule has 2 aromatic rings. The number of pyridine rings is 1. The van der Waals surface area contributed by atoms with E-state index in [4.69, 9.17) is 5.73 Å². The summed E-state index contributed by atoms with van der Waals surface area (Å²) in [5.74, 6) is 1.02. The van der Waals surface area contributed by atoms with Crippen LogP contribution in [0, 0.1) is 6.92 Å². The van der Waals surface area contributed by atoms with Gasteiger partial charge in [0, 0.05) is 12.4 Å². The molecule has 0 bridgehead atoms. The summed E-state index contributed by atoms with van der Waals surface area (Å²) in [5.41, 5.74) is 7.43. The number of aromatic nitrogens is 3. The third-order valence-corrected chi connectivity index (χ3v) is 1.82. The van der Waals surface area contributed by atoms with E-state index < -0.39 is 0 Å². The van der Waals surface area contributed by atoms with Crippen molar-refractivity contribution in [2.45, 2.75) is 6.92 Å². The van der Waals surface area contributed by atoms with Crippen LogP contribution >= 0.6 is 0 Å². The zero-order chi connectivity index (χ0) is 9.97. The first-order chi connectivity index (χ1) is 6.75. The SMILES string of the molecule is Cc1ccnc(-c2nccc(N)n2)c1. The van der Waals surface area contributed by atoms with E-state index in [0.29, 0.717) is 11.6 Å². The van der Waals surface area contributed by atoms with Crippen LogP contribution < -0.4 is 5.73 Å². The van der Waals surface area contributed by atoms with Crippen molar-refractivity contribution >= 4 is 5.82 Å². The van der Waals surface area contributed by atoms with Gasteiger partial charge in [0.1, 0.15) is 11.5 Å². The van der Waals surface area contributed by atoms with Gasteiger partial charge in [0.25, 0.3) is 0 Å². The van der Waals surface area contributed by atoms with Crippen molar-refractivity contribution < 1.29 is 0 Å². The summed E-state index contributed by atoms with van der Waals surface area (Å²) in [7, 11) is 0. The standard InChI is InChI=1S/C10H10N4/c1-7-2-4-12-8(6-7)10-13-5-3-9(11)14-10/h2-6H,1H3,(H2,11,13,14). The maximum atomic E-state index is 5.56. The fourth-order valence-corrected chi connectivity index (χ4v) is 1.15. The van der Waals surface area contributed by atoms with Gasteiger partial charge in [-0.25, -0.2) is 9.97 Å². The number of nitrogen functional groups attached to an aromatic ring is 1. The van der Waals surface area contributed by atoms with Crippen LogP contribution in [-0.4, -0.2) is 15.0 Å². The molecule has 0 saturated carbocycles. The van der Waals surface area contributed by atoms with Gasteiger partial charge in [0.15, 0.2) is 5.82 Å². The molecular weight excluding hydrogens is 176 g/mol. The van der Waals surface area contributed by atoms with Crippen LogP contribution in [-0.2, 0) is 0 Å². The molecule has 0 atom stereocenters. The summed E-state index contributed by atoms with van der Waals surface area (Å²) in [6, 6.07) is 5.50. The molecule has 2 rings (SSSR count). The predicted molar refractivity (Wildman–Crippen MR) is 54.4 cm³/mol. The number of anilines is 1. The molecule has 4 heteroatoms. The molecular formula is C10H10N4. The van der Waals surface area contributed by atoms with Crippen LogP contribution in [0.15, 0.2) is 30.6 Å². The van der Waals surface area contributed by atoms with Gasteiger partial charge in [-0.05, 0) is 30.7 Å². The normalized spacial score (nSPS) is 10.1. The van der Waals surface area contributed by atoms with Gasteiger partial charge in [-0.15, -0.1) is 0 Å². The monoisotopic (exact) mass is 186 g/mol. The van der Waals surface area contributed by atoms with Gasteiger partial charge >= 0.3 is 0 Å². The summed E-state index contributed by atoms with van der Waals surface area (Å²) in [5, 5.41) is 0. The Morgan fingerprint density at radius 1 is 1.14 bits per heavy atom.